The van der Waals surface area contributed by atoms with E-state index in [-0.39, 0.29) is 5.91 Å². The van der Waals surface area contributed by atoms with Crippen LogP contribution in [0.2, 0.25) is 0 Å². The number of hydrogen-bond acceptors (Lipinski definition) is 3. The van der Waals surface area contributed by atoms with E-state index in [1.807, 2.05) is 18.2 Å². The van der Waals surface area contributed by atoms with Gasteiger partial charge in [0.25, 0.3) is 0 Å². The van der Waals surface area contributed by atoms with Crippen LogP contribution in [0, 0.1) is 0 Å². The third-order valence-electron chi connectivity index (χ3n) is 2.84. The molecule has 94 valence electrons. The second kappa shape index (κ2) is 5.24. The van der Waals surface area contributed by atoms with Crippen molar-refractivity contribution >= 4 is 29.4 Å². The van der Waals surface area contributed by atoms with Crippen LogP contribution < -0.4 is 10.8 Å². The Hall–Kier alpha value is -1.79. The summed E-state index contributed by atoms with van der Waals surface area (Å²) in [6.45, 7) is 2.08. The first-order chi connectivity index (χ1) is 8.58. The monoisotopic (exact) mass is 246 g/mol. The Balaban J connectivity index is 2.16. The molecule has 0 fully saturated rings. The van der Waals surface area contributed by atoms with Crippen molar-refractivity contribution in [2.24, 2.45) is 0 Å². The Kier molecular flexibility index (Phi) is 3.69. The Morgan fingerprint density at radius 3 is 2.89 bits per heavy atom. The summed E-state index contributed by atoms with van der Waals surface area (Å²) in [7, 11) is -1.47. The number of carbonyl (C=O) groups is 1. The van der Waals surface area contributed by atoms with Crippen LogP contribution in [0.1, 0.15) is 12.5 Å². The maximum Gasteiger partial charge on any atom is 0.490 e. The summed E-state index contributed by atoms with van der Waals surface area (Å²) in [5.41, 5.74) is 2.41. The van der Waals surface area contributed by atoms with E-state index in [4.69, 9.17) is 0 Å². The van der Waals surface area contributed by atoms with E-state index in [1.165, 1.54) is 6.92 Å². The summed E-state index contributed by atoms with van der Waals surface area (Å²) in [6, 6.07) is 5.72. The molecule has 2 aromatic rings. The fraction of sp³-hybridized carbons (Fsp3) is 0.250. The minimum Gasteiger partial charge on any atom is -0.423 e. The summed E-state index contributed by atoms with van der Waals surface area (Å²) in [6.07, 6.45) is 2.33. The number of benzene rings is 1. The number of aromatic amines is 1. The lowest BCUT2D eigenvalue weighted by atomic mass is 9.80. The number of hydrogen-bond donors (Lipinski definition) is 4. The number of H-pyrrole nitrogens is 1. The van der Waals surface area contributed by atoms with E-state index in [2.05, 4.69) is 10.3 Å². The fourth-order valence-corrected chi connectivity index (χ4v) is 1.95. The van der Waals surface area contributed by atoms with Gasteiger partial charge < -0.3 is 20.3 Å². The molecule has 5 nitrogen and oxygen atoms in total. The predicted octanol–water partition coefficient (Wildman–Crippen LogP) is -0.474. The molecule has 0 aliphatic heterocycles. The van der Waals surface area contributed by atoms with Gasteiger partial charge in [-0.2, -0.15) is 0 Å². The molecule has 0 spiro atoms. The first-order valence-corrected chi connectivity index (χ1v) is 5.78. The second-order valence-corrected chi connectivity index (χ2v) is 4.23. The summed E-state index contributed by atoms with van der Waals surface area (Å²) in [5, 5.41) is 21.9. The summed E-state index contributed by atoms with van der Waals surface area (Å²) in [4.78, 5) is 13.8. The Bertz CT molecular complexity index is 565. The zero-order chi connectivity index (χ0) is 13.1. The molecule has 4 N–H and O–H groups in total. The van der Waals surface area contributed by atoms with Gasteiger partial charge in [0.05, 0.1) is 0 Å². The van der Waals surface area contributed by atoms with Crippen LogP contribution in [-0.4, -0.2) is 34.6 Å². The van der Waals surface area contributed by atoms with Gasteiger partial charge in [-0.3, -0.25) is 4.79 Å². The number of fused-ring (bicyclic) bond motifs is 1. The molecule has 0 unspecified atom stereocenters. The lowest BCUT2D eigenvalue weighted by molar-refractivity contribution is -0.118. The third kappa shape index (κ3) is 2.72. The zero-order valence-electron chi connectivity index (χ0n) is 10.1. The number of carbonyl (C=O) groups excluding carboxylic acids is 1. The Labute approximate surface area is 105 Å². The first-order valence-electron chi connectivity index (χ1n) is 5.78. The summed E-state index contributed by atoms with van der Waals surface area (Å²) < 4.78 is 0. The molecule has 1 amide bonds. The molecule has 6 heteroatoms. The maximum absolute atomic E-state index is 10.8. The molecular weight excluding hydrogens is 231 g/mol. The van der Waals surface area contributed by atoms with Gasteiger partial charge in [0, 0.05) is 30.6 Å². The van der Waals surface area contributed by atoms with E-state index in [9.17, 15) is 14.8 Å². The van der Waals surface area contributed by atoms with Crippen LogP contribution in [0.4, 0.5) is 0 Å². The Morgan fingerprint density at radius 2 is 2.22 bits per heavy atom. The van der Waals surface area contributed by atoms with Crippen LogP contribution >= 0.6 is 0 Å². The first kappa shape index (κ1) is 12.7. The van der Waals surface area contributed by atoms with Crippen molar-refractivity contribution in [3.05, 3.63) is 30.0 Å². The standard InChI is InChI=1S/C12H15BN2O3/c1-8(16)14-5-4-9-2-3-10-11(13(17)18)7-15-12(10)6-9/h2-3,6-7,15,17-18H,4-5H2,1H3,(H,14,16). The molecule has 1 aromatic heterocycles. The molecule has 0 radical (unpaired) electrons. The van der Waals surface area contributed by atoms with Crippen LogP contribution in [0.25, 0.3) is 10.9 Å². The van der Waals surface area contributed by atoms with Crippen LogP contribution in [0.3, 0.4) is 0 Å². The molecule has 0 aliphatic carbocycles. The zero-order valence-corrected chi connectivity index (χ0v) is 10.1. The van der Waals surface area contributed by atoms with Crippen molar-refractivity contribution in [1.82, 2.24) is 10.3 Å². The second-order valence-electron chi connectivity index (χ2n) is 4.23. The van der Waals surface area contributed by atoms with E-state index in [0.29, 0.717) is 12.0 Å². The number of amides is 1. The summed E-state index contributed by atoms with van der Waals surface area (Å²) in [5.74, 6) is -0.0401. The van der Waals surface area contributed by atoms with Gasteiger partial charge in [0.15, 0.2) is 0 Å². The average Bonchev–Trinajstić information content (AvgIpc) is 2.71. The lowest BCUT2D eigenvalue weighted by Crippen LogP contribution is -2.28. The molecule has 0 bridgehead atoms. The van der Waals surface area contributed by atoms with Gasteiger partial charge in [-0.15, -0.1) is 0 Å². The van der Waals surface area contributed by atoms with E-state index < -0.39 is 7.12 Å². The quantitative estimate of drug-likeness (QED) is 0.550. The van der Waals surface area contributed by atoms with Crippen molar-refractivity contribution in [3.63, 3.8) is 0 Å². The molecule has 1 aromatic carbocycles. The molecular formula is C12H15BN2O3. The number of rotatable bonds is 4. The maximum atomic E-state index is 10.8. The predicted molar refractivity (Wildman–Crippen MR) is 70.5 cm³/mol. The van der Waals surface area contributed by atoms with Gasteiger partial charge in [-0.1, -0.05) is 12.1 Å². The van der Waals surface area contributed by atoms with E-state index >= 15 is 0 Å². The number of nitrogens with one attached hydrogen (secondary N) is 2. The smallest absolute Gasteiger partial charge is 0.423 e. The molecule has 0 saturated heterocycles. The minimum absolute atomic E-state index is 0.0401. The molecule has 1 heterocycles. The third-order valence-corrected chi connectivity index (χ3v) is 2.84. The van der Waals surface area contributed by atoms with Crippen molar-refractivity contribution < 1.29 is 14.8 Å². The van der Waals surface area contributed by atoms with Crippen molar-refractivity contribution in [2.75, 3.05) is 6.54 Å². The highest BCUT2D eigenvalue weighted by Gasteiger charge is 2.15. The minimum atomic E-state index is -1.47. The molecule has 18 heavy (non-hydrogen) atoms. The van der Waals surface area contributed by atoms with Crippen molar-refractivity contribution in [1.29, 1.82) is 0 Å². The van der Waals surface area contributed by atoms with Crippen LogP contribution in [-0.2, 0) is 11.2 Å². The van der Waals surface area contributed by atoms with Crippen molar-refractivity contribution in [2.45, 2.75) is 13.3 Å². The van der Waals surface area contributed by atoms with E-state index in [1.54, 1.807) is 6.20 Å². The normalized spacial score (nSPS) is 10.6. The molecule has 2 rings (SSSR count). The van der Waals surface area contributed by atoms with Crippen molar-refractivity contribution in [3.8, 4) is 0 Å². The van der Waals surface area contributed by atoms with Gasteiger partial charge in [0.2, 0.25) is 5.91 Å². The summed E-state index contributed by atoms with van der Waals surface area (Å²) >= 11 is 0. The van der Waals surface area contributed by atoms with Crippen LogP contribution in [0.15, 0.2) is 24.4 Å². The molecule has 0 atom stereocenters. The van der Waals surface area contributed by atoms with Crippen LogP contribution in [0.5, 0.6) is 0 Å². The van der Waals surface area contributed by atoms with Gasteiger partial charge in [-0.25, -0.2) is 0 Å². The highest BCUT2D eigenvalue weighted by Crippen LogP contribution is 2.13. The van der Waals surface area contributed by atoms with Gasteiger partial charge >= 0.3 is 7.12 Å². The highest BCUT2D eigenvalue weighted by molar-refractivity contribution is 6.62. The average molecular weight is 246 g/mol. The molecule has 0 saturated carbocycles. The number of aromatic nitrogens is 1. The fourth-order valence-electron chi connectivity index (χ4n) is 1.95. The largest absolute Gasteiger partial charge is 0.490 e. The lowest BCUT2D eigenvalue weighted by Gasteiger charge is -2.03. The molecule has 0 aliphatic rings. The highest BCUT2D eigenvalue weighted by atomic mass is 16.4. The van der Waals surface area contributed by atoms with Gasteiger partial charge in [-0.05, 0) is 23.4 Å². The Morgan fingerprint density at radius 1 is 1.44 bits per heavy atom. The van der Waals surface area contributed by atoms with E-state index in [0.717, 1.165) is 22.9 Å². The topological polar surface area (TPSA) is 85.3 Å². The van der Waals surface area contributed by atoms with Gasteiger partial charge in [0.1, 0.15) is 0 Å². The SMILES string of the molecule is CC(=O)NCCc1ccc2c(B(O)O)c[nH]c2c1.